The number of hydrogen-bond donors (Lipinski definition) is 1. The molecule has 1 unspecified atom stereocenters. The molecule has 0 bridgehead atoms. The van der Waals surface area contributed by atoms with Crippen LogP contribution < -0.4 is 10.3 Å². The molecule has 3 heterocycles. The summed E-state index contributed by atoms with van der Waals surface area (Å²) in [5.41, 5.74) is 8.00. The highest BCUT2D eigenvalue weighted by molar-refractivity contribution is 7.17. The minimum absolute atomic E-state index is 0.0929. The summed E-state index contributed by atoms with van der Waals surface area (Å²) in [5, 5.41) is 10.9. The number of aromatic nitrogens is 1. The third-order valence-electron chi connectivity index (χ3n) is 6.38. The Labute approximate surface area is 195 Å². The Morgan fingerprint density at radius 1 is 0.697 bits per heavy atom. The van der Waals surface area contributed by atoms with Crippen LogP contribution in [0.25, 0.3) is 31.9 Å². The SMILES string of the molecule is c1ccc(C2NN=C(n3c4ccccc4c4c5ccsc5ccc43)N2c2ccccc2)cc1. The second kappa shape index (κ2) is 7.22. The first-order valence-corrected chi connectivity index (χ1v) is 11.9. The Morgan fingerprint density at radius 2 is 1.45 bits per heavy atom. The molecule has 0 aliphatic carbocycles. The van der Waals surface area contributed by atoms with Crippen LogP contribution in [0.3, 0.4) is 0 Å². The van der Waals surface area contributed by atoms with Gasteiger partial charge in [-0.05, 0) is 47.3 Å². The van der Waals surface area contributed by atoms with Crippen LogP contribution in [0, 0.1) is 0 Å². The number of benzene rings is 4. The Morgan fingerprint density at radius 3 is 2.30 bits per heavy atom. The van der Waals surface area contributed by atoms with Crippen LogP contribution >= 0.6 is 11.3 Å². The van der Waals surface area contributed by atoms with E-state index in [0.717, 1.165) is 22.7 Å². The van der Waals surface area contributed by atoms with E-state index in [9.17, 15) is 0 Å². The Balaban J connectivity index is 1.52. The van der Waals surface area contributed by atoms with Crippen molar-refractivity contribution in [3.05, 3.63) is 114 Å². The molecule has 1 N–H and O–H groups in total. The summed E-state index contributed by atoms with van der Waals surface area (Å²) in [6.07, 6.45) is -0.0929. The molecular weight excluding hydrogens is 424 g/mol. The van der Waals surface area contributed by atoms with Gasteiger partial charge in [0.15, 0.2) is 0 Å². The van der Waals surface area contributed by atoms with E-state index in [-0.39, 0.29) is 6.17 Å². The van der Waals surface area contributed by atoms with Crippen molar-refractivity contribution in [2.24, 2.45) is 5.10 Å². The van der Waals surface area contributed by atoms with Gasteiger partial charge in [0, 0.05) is 26.5 Å². The lowest BCUT2D eigenvalue weighted by atomic mass is 10.1. The lowest BCUT2D eigenvalue weighted by Crippen LogP contribution is -2.36. The normalized spacial score (nSPS) is 15.9. The van der Waals surface area contributed by atoms with Crippen molar-refractivity contribution in [1.82, 2.24) is 9.99 Å². The molecule has 0 spiro atoms. The quantitative estimate of drug-likeness (QED) is 0.314. The molecular formula is C28H20N4S. The summed E-state index contributed by atoms with van der Waals surface area (Å²) in [6, 6.07) is 36.3. The highest BCUT2D eigenvalue weighted by Crippen LogP contribution is 2.39. The maximum absolute atomic E-state index is 4.92. The van der Waals surface area contributed by atoms with E-state index in [1.807, 2.05) is 6.07 Å². The molecule has 1 aliphatic rings. The van der Waals surface area contributed by atoms with E-state index in [1.165, 1.54) is 26.4 Å². The Hall–Kier alpha value is -4.09. The molecule has 33 heavy (non-hydrogen) atoms. The highest BCUT2D eigenvalue weighted by Gasteiger charge is 2.33. The fourth-order valence-corrected chi connectivity index (χ4v) is 5.74. The molecule has 0 fully saturated rings. The maximum Gasteiger partial charge on any atom is 0.234 e. The first kappa shape index (κ1) is 18.5. The number of nitrogens with one attached hydrogen (secondary N) is 1. The minimum atomic E-state index is -0.0929. The van der Waals surface area contributed by atoms with Crippen molar-refractivity contribution in [1.29, 1.82) is 0 Å². The van der Waals surface area contributed by atoms with Crippen LogP contribution in [0.4, 0.5) is 5.69 Å². The lowest BCUT2D eigenvalue weighted by molar-refractivity contribution is 0.616. The van der Waals surface area contributed by atoms with E-state index in [0.29, 0.717) is 0 Å². The fraction of sp³-hybridized carbons (Fsp3) is 0.0357. The van der Waals surface area contributed by atoms with Crippen LogP contribution in [0.2, 0.25) is 0 Å². The van der Waals surface area contributed by atoms with Crippen LogP contribution in [0.5, 0.6) is 0 Å². The summed E-state index contributed by atoms with van der Waals surface area (Å²) in [7, 11) is 0. The lowest BCUT2D eigenvalue weighted by Gasteiger charge is -2.28. The largest absolute Gasteiger partial charge is 0.284 e. The smallest absolute Gasteiger partial charge is 0.234 e. The number of nitrogens with zero attached hydrogens (tertiary/aromatic N) is 3. The summed E-state index contributed by atoms with van der Waals surface area (Å²) in [5.74, 6) is 0.871. The molecule has 0 radical (unpaired) electrons. The number of anilines is 1. The van der Waals surface area contributed by atoms with Crippen LogP contribution in [0.1, 0.15) is 11.7 Å². The average molecular weight is 445 g/mol. The van der Waals surface area contributed by atoms with Gasteiger partial charge in [-0.25, -0.2) is 0 Å². The molecule has 5 heteroatoms. The molecule has 2 aromatic heterocycles. The molecule has 158 valence electrons. The van der Waals surface area contributed by atoms with Crippen molar-refractivity contribution in [2.45, 2.75) is 6.17 Å². The van der Waals surface area contributed by atoms with E-state index in [1.54, 1.807) is 11.3 Å². The monoisotopic (exact) mass is 444 g/mol. The number of thiophene rings is 1. The van der Waals surface area contributed by atoms with Gasteiger partial charge in [0.05, 0.1) is 11.0 Å². The molecule has 7 rings (SSSR count). The van der Waals surface area contributed by atoms with Crippen molar-refractivity contribution < 1.29 is 0 Å². The highest BCUT2D eigenvalue weighted by atomic mass is 32.1. The van der Waals surface area contributed by atoms with Crippen LogP contribution in [-0.2, 0) is 0 Å². The topological polar surface area (TPSA) is 32.6 Å². The zero-order chi connectivity index (χ0) is 21.8. The second-order valence-corrected chi connectivity index (χ2v) is 9.15. The summed E-state index contributed by atoms with van der Waals surface area (Å²) in [4.78, 5) is 2.29. The molecule has 1 aliphatic heterocycles. The number of fused-ring (bicyclic) bond motifs is 5. The van der Waals surface area contributed by atoms with Crippen molar-refractivity contribution >= 4 is 54.9 Å². The van der Waals surface area contributed by atoms with Gasteiger partial charge in [-0.2, -0.15) is 0 Å². The van der Waals surface area contributed by atoms with Gasteiger partial charge < -0.3 is 0 Å². The molecule has 6 aromatic rings. The molecule has 4 aromatic carbocycles. The van der Waals surface area contributed by atoms with Crippen molar-refractivity contribution in [2.75, 3.05) is 4.90 Å². The van der Waals surface area contributed by atoms with Gasteiger partial charge in [-0.15, -0.1) is 16.4 Å². The minimum Gasteiger partial charge on any atom is -0.284 e. The zero-order valence-corrected chi connectivity index (χ0v) is 18.5. The standard InChI is InChI=1S/C28H20N4S/c1-3-9-19(10-4-1)27-29-30-28(31(27)20-11-5-2-6-12-20)32-23-14-8-7-13-21(23)26-22-17-18-33-25(22)16-15-24(26)32/h1-18,27,29H. The van der Waals surface area contributed by atoms with Gasteiger partial charge in [0.1, 0.15) is 6.17 Å². The van der Waals surface area contributed by atoms with E-state index in [2.05, 4.69) is 117 Å². The predicted molar refractivity (Wildman–Crippen MR) is 139 cm³/mol. The molecule has 0 amide bonds. The number of rotatable bonds is 2. The number of para-hydroxylation sites is 2. The molecule has 0 saturated heterocycles. The second-order valence-electron chi connectivity index (χ2n) is 8.20. The molecule has 1 atom stereocenters. The van der Waals surface area contributed by atoms with Gasteiger partial charge in [-0.3, -0.25) is 14.9 Å². The molecule has 0 saturated carbocycles. The van der Waals surface area contributed by atoms with Gasteiger partial charge in [0.25, 0.3) is 0 Å². The number of hydrogen-bond acceptors (Lipinski definition) is 4. The van der Waals surface area contributed by atoms with Crippen LogP contribution in [0.15, 0.2) is 114 Å². The van der Waals surface area contributed by atoms with E-state index in [4.69, 9.17) is 5.10 Å². The van der Waals surface area contributed by atoms with Gasteiger partial charge in [-0.1, -0.05) is 66.7 Å². The fourth-order valence-electron chi connectivity index (χ4n) is 4.94. The predicted octanol–water partition coefficient (Wildman–Crippen LogP) is 6.94. The van der Waals surface area contributed by atoms with Crippen molar-refractivity contribution in [3.63, 3.8) is 0 Å². The number of hydrazone groups is 1. The van der Waals surface area contributed by atoms with Crippen molar-refractivity contribution in [3.8, 4) is 0 Å². The van der Waals surface area contributed by atoms with Gasteiger partial charge >= 0.3 is 0 Å². The Bertz CT molecular complexity index is 1650. The zero-order valence-electron chi connectivity index (χ0n) is 17.7. The summed E-state index contributed by atoms with van der Waals surface area (Å²) in [6.45, 7) is 0. The van der Waals surface area contributed by atoms with E-state index < -0.39 is 0 Å². The van der Waals surface area contributed by atoms with E-state index >= 15 is 0 Å². The third kappa shape index (κ3) is 2.73. The third-order valence-corrected chi connectivity index (χ3v) is 7.26. The molecule has 4 nitrogen and oxygen atoms in total. The first-order chi connectivity index (χ1) is 16.4. The average Bonchev–Trinajstić information content (AvgIpc) is 3.60. The first-order valence-electron chi connectivity index (χ1n) is 11.0. The Kier molecular flexibility index (Phi) is 4.04. The maximum atomic E-state index is 4.92. The summed E-state index contributed by atoms with van der Waals surface area (Å²) < 4.78 is 3.60. The van der Waals surface area contributed by atoms with Crippen LogP contribution in [-0.4, -0.2) is 10.5 Å². The summed E-state index contributed by atoms with van der Waals surface area (Å²) >= 11 is 1.79. The van der Waals surface area contributed by atoms with Gasteiger partial charge in [0.2, 0.25) is 5.96 Å².